The van der Waals surface area contributed by atoms with Gasteiger partial charge in [-0.05, 0) is 6.42 Å². The van der Waals surface area contributed by atoms with Gasteiger partial charge in [-0.3, -0.25) is 0 Å². The second-order valence-electron chi connectivity index (χ2n) is 4.53. The van der Waals surface area contributed by atoms with E-state index in [4.69, 9.17) is 4.74 Å². The minimum Gasteiger partial charge on any atom is -0.392 e. The van der Waals surface area contributed by atoms with Crippen LogP contribution in [0.25, 0.3) is 0 Å². The van der Waals surface area contributed by atoms with Crippen molar-refractivity contribution < 1.29 is 9.84 Å². The standard InChI is InChI=1S/C11H20O2S2/c1-7-8(2)15-10(6-14-7)11(12)9-3-4-13-5-9/h7-12H,3-6H2,1-2H3. The molecule has 2 saturated heterocycles. The number of hydrogen-bond acceptors (Lipinski definition) is 4. The van der Waals surface area contributed by atoms with E-state index in [0.29, 0.717) is 16.4 Å². The van der Waals surface area contributed by atoms with Crippen molar-refractivity contribution in [1.29, 1.82) is 0 Å². The Morgan fingerprint density at radius 3 is 2.73 bits per heavy atom. The molecule has 2 aliphatic rings. The topological polar surface area (TPSA) is 29.5 Å². The molecule has 2 aliphatic heterocycles. The minimum absolute atomic E-state index is 0.167. The Hall–Kier alpha value is 0.620. The number of aliphatic hydroxyl groups excluding tert-OH is 1. The summed E-state index contributed by atoms with van der Waals surface area (Å²) in [6.45, 7) is 6.14. The number of aliphatic hydroxyl groups is 1. The van der Waals surface area contributed by atoms with Gasteiger partial charge in [0.15, 0.2) is 0 Å². The summed E-state index contributed by atoms with van der Waals surface area (Å²) in [5, 5.41) is 12.1. The van der Waals surface area contributed by atoms with Gasteiger partial charge in [0, 0.05) is 34.0 Å². The molecule has 0 aromatic rings. The molecule has 2 rings (SSSR count). The second-order valence-corrected chi connectivity index (χ2v) is 7.56. The van der Waals surface area contributed by atoms with E-state index in [0.717, 1.165) is 30.6 Å². The molecular weight excluding hydrogens is 228 g/mol. The molecule has 0 aliphatic carbocycles. The predicted molar refractivity (Wildman–Crippen MR) is 67.7 cm³/mol. The molecular formula is C11H20O2S2. The van der Waals surface area contributed by atoms with Gasteiger partial charge in [0.2, 0.25) is 0 Å². The molecule has 5 atom stereocenters. The van der Waals surface area contributed by atoms with Crippen molar-refractivity contribution in [1.82, 2.24) is 0 Å². The molecule has 15 heavy (non-hydrogen) atoms. The quantitative estimate of drug-likeness (QED) is 0.809. The van der Waals surface area contributed by atoms with Crippen LogP contribution in [0.2, 0.25) is 0 Å². The summed E-state index contributed by atoms with van der Waals surface area (Å²) in [7, 11) is 0. The highest BCUT2D eigenvalue weighted by atomic mass is 32.2. The van der Waals surface area contributed by atoms with Gasteiger partial charge in [0.25, 0.3) is 0 Å². The fourth-order valence-electron chi connectivity index (χ4n) is 2.11. The molecule has 0 saturated carbocycles. The van der Waals surface area contributed by atoms with Gasteiger partial charge in [-0.25, -0.2) is 0 Å². The van der Waals surface area contributed by atoms with Crippen molar-refractivity contribution in [2.24, 2.45) is 5.92 Å². The van der Waals surface area contributed by atoms with Crippen molar-refractivity contribution in [2.45, 2.75) is 42.1 Å². The van der Waals surface area contributed by atoms with Gasteiger partial charge >= 0.3 is 0 Å². The van der Waals surface area contributed by atoms with Crippen LogP contribution in [0.3, 0.4) is 0 Å². The average molecular weight is 248 g/mol. The SMILES string of the molecule is CC1SCC(C(O)C2CCOC2)SC1C. The van der Waals surface area contributed by atoms with Crippen LogP contribution in [0.1, 0.15) is 20.3 Å². The van der Waals surface area contributed by atoms with Crippen LogP contribution < -0.4 is 0 Å². The third kappa shape index (κ3) is 2.84. The van der Waals surface area contributed by atoms with Crippen LogP contribution in [-0.2, 0) is 4.74 Å². The Kier molecular flexibility index (Phi) is 4.27. The second kappa shape index (κ2) is 5.30. The summed E-state index contributed by atoms with van der Waals surface area (Å²) >= 11 is 3.96. The smallest absolute Gasteiger partial charge is 0.0717 e. The Morgan fingerprint density at radius 2 is 2.13 bits per heavy atom. The molecule has 0 spiro atoms. The first-order valence-corrected chi connectivity index (χ1v) is 7.70. The summed E-state index contributed by atoms with van der Waals surface area (Å²) in [5.74, 6) is 1.47. The Labute approximate surface area is 101 Å². The lowest BCUT2D eigenvalue weighted by atomic mass is 9.99. The van der Waals surface area contributed by atoms with E-state index in [-0.39, 0.29) is 6.10 Å². The molecule has 2 fully saturated rings. The fourth-order valence-corrected chi connectivity index (χ4v) is 5.21. The molecule has 4 heteroatoms. The maximum Gasteiger partial charge on any atom is 0.0717 e. The molecule has 0 amide bonds. The molecule has 0 aromatic heterocycles. The van der Waals surface area contributed by atoms with E-state index in [1.54, 1.807) is 0 Å². The lowest BCUT2D eigenvalue weighted by molar-refractivity contribution is 0.0933. The zero-order chi connectivity index (χ0) is 10.8. The summed E-state index contributed by atoms with van der Waals surface area (Å²) in [5.41, 5.74) is 0. The summed E-state index contributed by atoms with van der Waals surface area (Å²) in [4.78, 5) is 0. The minimum atomic E-state index is -0.167. The molecule has 1 N–H and O–H groups in total. The lowest BCUT2D eigenvalue weighted by Crippen LogP contribution is -2.39. The molecule has 88 valence electrons. The zero-order valence-corrected chi connectivity index (χ0v) is 11.0. The van der Waals surface area contributed by atoms with Crippen LogP contribution in [0, 0.1) is 5.92 Å². The predicted octanol–water partition coefficient (Wildman–Crippen LogP) is 2.01. The average Bonchev–Trinajstić information content (AvgIpc) is 2.74. The van der Waals surface area contributed by atoms with E-state index in [2.05, 4.69) is 13.8 Å². The Balaban J connectivity index is 1.87. The van der Waals surface area contributed by atoms with Crippen LogP contribution in [0.5, 0.6) is 0 Å². The monoisotopic (exact) mass is 248 g/mol. The lowest BCUT2D eigenvalue weighted by Gasteiger charge is -2.35. The van der Waals surface area contributed by atoms with Crippen molar-refractivity contribution in [3.05, 3.63) is 0 Å². The van der Waals surface area contributed by atoms with E-state index in [1.165, 1.54) is 0 Å². The van der Waals surface area contributed by atoms with E-state index >= 15 is 0 Å². The normalized spacial score (nSPS) is 44.2. The third-order valence-electron chi connectivity index (χ3n) is 3.40. The van der Waals surface area contributed by atoms with Crippen LogP contribution in [-0.4, -0.2) is 45.9 Å². The van der Waals surface area contributed by atoms with Crippen molar-refractivity contribution in [2.75, 3.05) is 19.0 Å². The van der Waals surface area contributed by atoms with Crippen molar-refractivity contribution in [3.8, 4) is 0 Å². The van der Waals surface area contributed by atoms with E-state index in [9.17, 15) is 5.11 Å². The number of hydrogen-bond donors (Lipinski definition) is 1. The largest absolute Gasteiger partial charge is 0.392 e. The molecule has 5 unspecified atom stereocenters. The van der Waals surface area contributed by atoms with E-state index < -0.39 is 0 Å². The highest BCUT2D eigenvalue weighted by Crippen LogP contribution is 2.39. The van der Waals surface area contributed by atoms with Crippen LogP contribution in [0.15, 0.2) is 0 Å². The van der Waals surface area contributed by atoms with E-state index in [1.807, 2.05) is 23.5 Å². The maximum atomic E-state index is 10.3. The Bertz CT molecular complexity index is 207. The number of thioether (sulfide) groups is 2. The highest BCUT2D eigenvalue weighted by molar-refractivity contribution is 8.07. The number of ether oxygens (including phenoxy) is 1. The van der Waals surface area contributed by atoms with Gasteiger partial charge in [0.1, 0.15) is 0 Å². The Morgan fingerprint density at radius 1 is 1.33 bits per heavy atom. The molecule has 0 aromatic carbocycles. The number of rotatable bonds is 2. The summed E-state index contributed by atoms with van der Waals surface area (Å²) < 4.78 is 5.34. The van der Waals surface area contributed by atoms with Crippen LogP contribution in [0.4, 0.5) is 0 Å². The highest BCUT2D eigenvalue weighted by Gasteiger charge is 2.35. The van der Waals surface area contributed by atoms with Gasteiger partial charge in [-0.15, -0.1) is 0 Å². The van der Waals surface area contributed by atoms with Gasteiger partial charge in [-0.1, -0.05) is 13.8 Å². The van der Waals surface area contributed by atoms with Crippen LogP contribution >= 0.6 is 23.5 Å². The molecule has 0 radical (unpaired) electrons. The third-order valence-corrected chi connectivity index (χ3v) is 6.90. The fraction of sp³-hybridized carbons (Fsp3) is 1.00. The van der Waals surface area contributed by atoms with Crippen molar-refractivity contribution in [3.63, 3.8) is 0 Å². The van der Waals surface area contributed by atoms with Gasteiger partial charge in [0.05, 0.1) is 12.7 Å². The van der Waals surface area contributed by atoms with Crippen molar-refractivity contribution >= 4 is 23.5 Å². The first kappa shape index (κ1) is 12.1. The first-order valence-electron chi connectivity index (χ1n) is 5.71. The van der Waals surface area contributed by atoms with Gasteiger partial charge < -0.3 is 9.84 Å². The maximum absolute atomic E-state index is 10.3. The summed E-state index contributed by atoms with van der Waals surface area (Å²) in [6.07, 6.45) is 0.868. The first-order chi connectivity index (χ1) is 7.18. The zero-order valence-electron chi connectivity index (χ0n) is 9.39. The summed E-state index contributed by atoms with van der Waals surface area (Å²) in [6, 6.07) is 0. The molecule has 0 bridgehead atoms. The molecule has 2 heterocycles. The van der Waals surface area contributed by atoms with Gasteiger partial charge in [-0.2, -0.15) is 23.5 Å². The molecule has 2 nitrogen and oxygen atoms in total.